The number of rotatable bonds is 8. The van der Waals surface area contributed by atoms with Gasteiger partial charge in [-0.15, -0.1) is 0 Å². The molecule has 0 unspecified atom stereocenters. The van der Waals surface area contributed by atoms with E-state index in [0.29, 0.717) is 33.0 Å². The van der Waals surface area contributed by atoms with Gasteiger partial charge in [0.15, 0.2) is 4.80 Å². The van der Waals surface area contributed by atoms with Gasteiger partial charge in [0.1, 0.15) is 18.3 Å². The van der Waals surface area contributed by atoms with Crippen molar-refractivity contribution in [1.29, 1.82) is 0 Å². The number of halogens is 1. The van der Waals surface area contributed by atoms with Crippen LogP contribution in [-0.4, -0.2) is 40.9 Å². The van der Waals surface area contributed by atoms with Crippen molar-refractivity contribution in [2.45, 2.75) is 46.4 Å². The van der Waals surface area contributed by atoms with E-state index in [1.165, 1.54) is 15.9 Å². The molecule has 0 N–H and O–H groups in total. The lowest BCUT2D eigenvalue weighted by molar-refractivity contribution is -0.144. The summed E-state index contributed by atoms with van der Waals surface area (Å²) in [5.41, 5.74) is 2.66. The molecule has 2 aromatic heterocycles. The van der Waals surface area contributed by atoms with Crippen LogP contribution in [0, 0.1) is 0 Å². The van der Waals surface area contributed by atoms with Gasteiger partial charge >= 0.3 is 11.9 Å². The first kappa shape index (κ1) is 29.5. The van der Waals surface area contributed by atoms with Gasteiger partial charge in [-0.2, -0.15) is 0 Å². The molecule has 42 heavy (non-hydrogen) atoms. The molecule has 5 rings (SSSR count). The highest BCUT2D eigenvalue weighted by atomic mass is 79.9. The Morgan fingerprint density at radius 2 is 1.95 bits per heavy atom. The molecule has 0 amide bonds. The predicted octanol–water partition coefficient (Wildman–Crippen LogP) is 4.48. The van der Waals surface area contributed by atoms with Gasteiger partial charge in [0.2, 0.25) is 0 Å². The standard InChI is InChI=1S/C31H30BrN3O6S/c1-6-40-26(36)16-34-15-19(21-9-7-8-10-23(21)34)13-25-29(37)35-28(22-14-20(32)11-12-24(22)39-5)27(30(38)41-17(2)3)18(4)33-31(35)42-25/h7-15,17,28H,6,16H2,1-5H3/b25-13-/t28-/m1/s1. The number of fused-ring (bicyclic) bond motifs is 2. The van der Waals surface area contributed by atoms with Crippen LogP contribution >= 0.6 is 27.3 Å². The van der Waals surface area contributed by atoms with Crippen molar-refractivity contribution < 1.29 is 23.8 Å². The lowest BCUT2D eigenvalue weighted by Crippen LogP contribution is -2.40. The minimum Gasteiger partial charge on any atom is -0.496 e. The molecule has 0 bridgehead atoms. The van der Waals surface area contributed by atoms with Crippen LogP contribution in [0.4, 0.5) is 0 Å². The van der Waals surface area contributed by atoms with E-state index in [1.54, 1.807) is 46.9 Å². The molecule has 1 atom stereocenters. The maximum atomic E-state index is 14.2. The SMILES string of the molecule is CCOC(=O)Cn1cc(/C=c2\sc3n(c2=O)[C@H](c2cc(Br)ccc2OC)C(C(=O)OC(C)C)=C(C)N=3)c2ccccc21. The molecule has 4 aromatic rings. The second kappa shape index (κ2) is 12.1. The van der Waals surface area contributed by atoms with Gasteiger partial charge in [-0.1, -0.05) is 45.5 Å². The second-order valence-corrected chi connectivity index (χ2v) is 11.9. The van der Waals surface area contributed by atoms with Crippen LogP contribution in [0.3, 0.4) is 0 Å². The zero-order valence-corrected chi connectivity index (χ0v) is 26.2. The smallest absolute Gasteiger partial charge is 0.338 e. The number of nitrogens with zero attached hydrogens (tertiary/aromatic N) is 3. The molecule has 218 valence electrons. The number of hydrogen-bond donors (Lipinski definition) is 0. The number of esters is 2. The zero-order valence-electron chi connectivity index (χ0n) is 23.8. The third kappa shape index (κ3) is 5.58. The minimum absolute atomic E-state index is 0.0483. The maximum Gasteiger partial charge on any atom is 0.338 e. The van der Waals surface area contributed by atoms with Crippen LogP contribution in [0.5, 0.6) is 5.75 Å². The first-order valence-corrected chi connectivity index (χ1v) is 15.0. The molecule has 0 aliphatic carbocycles. The summed E-state index contributed by atoms with van der Waals surface area (Å²) in [6, 6.07) is 12.3. The lowest BCUT2D eigenvalue weighted by atomic mass is 9.95. The summed E-state index contributed by atoms with van der Waals surface area (Å²) in [6.45, 7) is 7.40. The first-order valence-electron chi connectivity index (χ1n) is 13.4. The van der Waals surface area contributed by atoms with E-state index in [2.05, 4.69) is 20.9 Å². The fraction of sp³-hybridized carbons (Fsp3) is 0.290. The van der Waals surface area contributed by atoms with Crippen LogP contribution in [0.2, 0.25) is 0 Å². The Hall–Kier alpha value is -3.96. The Labute approximate surface area is 254 Å². The summed E-state index contributed by atoms with van der Waals surface area (Å²) in [7, 11) is 1.55. The van der Waals surface area contributed by atoms with E-state index in [-0.39, 0.29) is 29.8 Å². The van der Waals surface area contributed by atoms with Crippen molar-refractivity contribution >= 4 is 56.2 Å². The number of benzene rings is 2. The number of carbonyl (C=O) groups excluding carboxylic acids is 2. The van der Waals surface area contributed by atoms with Crippen LogP contribution in [0.1, 0.15) is 44.9 Å². The topological polar surface area (TPSA) is 101 Å². The van der Waals surface area contributed by atoms with E-state index < -0.39 is 12.0 Å². The van der Waals surface area contributed by atoms with Gasteiger partial charge in [-0.3, -0.25) is 14.2 Å². The normalized spacial score (nSPS) is 15.1. The molecule has 0 radical (unpaired) electrons. The van der Waals surface area contributed by atoms with Gasteiger partial charge in [-0.25, -0.2) is 9.79 Å². The van der Waals surface area contributed by atoms with Gasteiger partial charge in [-0.05, 0) is 58.0 Å². The van der Waals surface area contributed by atoms with E-state index in [0.717, 1.165) is 20.9 Å². The summed E-state index contributed by atoms with van der Waals surface area (Å²) in [5, 5.41) is 0.884. The van der Waals surface area contributed by atoms with Crippen molar-refractivity contribution in [3.63, 3.8) is 0 Å². The molecule has 11 heteroatoms. The molecule has 2 aromatic carbocycles. The summed E-state index contributed by atoms with van der Waals surface area (Å²) < 4.78 is 21.0. The number of thiazole rings is 1. The monoisotopic (exact) mass is 651 g/mol. The van der Waals surface area contributed by atoms with Gasteiger partial charge in [0.25, 0.3) is 5.56 Å². The minimum atomic E-state index is -0.827. The van der Waals surface area contributed by atoms with E-state index in [9.17, 15) is 14.4 Å². The molecule has 0 fully saturated rings. The highest BCUT2D eigenvalue weighted by Crippen LogP contribution is 2.37. The molecule has 3 heterocycles. The number of para-hydroxylation sites is 1. The quantitative estimate of drug-likeness (QED) is 0.261. The number of hydrogen-bond acceptors (Lipinski definition) is 8. The van der Waals surface area contributed by atoms with Crippen LogP contribution < -0.4 is 19.6 Å². The Morgan fingerprint density at radius 3 is 2.67 bits per heavy atom. The average molecular weight is 653 g/mol. The van der Waals surface area contributed by atoms with Gasteiger partial charge < -0.3 is 18.8 Å². The summed E-state index contributed by atoms with van der Waals surface area (Å²) in [4.78, 5) is 45.0. The van der Waals surface area contributed by atoms with Crippen LogP contribution in [0.15, 0.2) is 74.2 Å². The Balaban J connectivity index is 1.73. The van der Waals surface area contributed by atoms with Gasteiger partial charge in [0, 0.05) is 32.7 Å². The Kier molecular flexibility index (Phi) is 8.51. The summed E-state index contributed by atoms with van der Waals surface area (Å²) in [6.07, 6.45) is 3.28. The van der Waals surface area contributed by atoms with Crippen LogP contribution in [0.25, 0.3) is 17.0 Å². The lowest BCUT2D eigenvalue weighted by Gasteiger charge is -2.26. The predicted molar refractivity (Wildman–Crippen MR) is 164 cm³/mol. The van der Waals surface area contributed by atoms with Crippen molar-refractivity contribution in [2.75, 3.05) is 13.7 Å². The Bertz CT molecular complexity index is 1920. The molecule has 1 aliphatic rings. The Morgan fingerprint density at radius 1 is 1.19 bits per heavy atom. The number of allylic oxidation sites excluding steroid dienone is 1. The van der Waals surface area contributed by atoms with Crippen molar-refractivity contribution in [3.05, 3.63) is 95.2 Å². The number of carbonyl (C=O) groups is 2. The van der Waals surface area contributed by atoms with Crippen molar-refractivity contribution in [1.82, 2.24) is 9.13 Å². The van der Waals surface area contributed by atoms with Crippen molar-refractivity contribution in [3.8, 4) is 5.75 Å². The fourth-order valence-corrected chi connectivity index (χ4v) is 6.50. The number of aromatic nitrogens is 2. The van der Waals surface area contributed by atoms with E-state index in [4.69, 9.17) is 14.2 Å². The number of ether oxygens (including phenoxy) is 3. The fourth-order valence-electron chi connectivity index (χ4n) is 5.08. The van der Waals surface area contributed by atoms with E-state index >= 15 is 0 Å². The van der Waals surface area contributed by atoms with Crippen LogP contribution in [-0.2, 0) is 25.6 Å². The first-order chi connectivity index (χ1) is 20.1. The molecular weight excluding hydrogens is 622 g/mol. The molecule has 0 saturated heterocycles. The molecule has 1 aliphatic heterocycles. The third-order valence-electron chi connectivity index (χ3n) is 6.78. The number of methoxy groups -OCH3 is 1. The summed E-state index contributed by atoms with van der Waals surface area (Å²) >= 11 is 4.76. The largest absolute Gasteiger partial charge is 0.496 e. The highest BCUT2D eigenvalue weighted by Gasteiger charge is 2.35. The molecule has 0 saturated carbocycles. The highest BCUT2D eigenvalue weighted by molar-refractivity contribution is 9.10. The maximum absolute atomic E-state index is 14.2. The summed E-state index contributed by atoms with van der Waals surface area (Å²) in [5.74, 6) is -0.373. The molecular formula is C31H30BrN3O6S. The van der Waals surface area contributed by atoms with Gasteiger partial charge in [0.05, 0.1) is 35.6 Å². The second-order valence-electron chi connectivity index (χ2n) is 9.96. The van der Waals surface area contributed by atoms with Crippen molar-refractivity contribution in [2.24, 2.45) is 4.99 Å². The molecule has 0 spiro atoms. The molecule has 9 nitrogen and oxygen atoms in total. The third-order valence-corrected chi connectivity index (χ3v) is 8.26. The zero-order chi connectivity index (χ0) is 30.1. The average Bonchev–Trinajstić information content (AvgIpc) is 3.44. The van der Waals surface area contributed by atoms with E-state index in [1.807, 2.05) is 47.2 Å².